The molecule has 2 heterocycles. The molecular formula is C15H23N3O2. The van der Waals surface area contributed by atoms with Gasteiger partial charge in [0.05, 0.1) is 5.39 Å². The Hall–Kier alpha value is -1.62. The van der Waals surface area contributed by atoms with Crippen LogP contribution in [0.2, 0.25) is 0 Å². The maximum Gasteiger partial charge on any atom is 0.231 e. The molecule has 0 spiro atoms. The van der Waals surface area contributed by atoms with Gasteiger partial charge < -0.3 is 14.8 Å². The van der Waals surface area contributed by atoms with Gasteiger partial charge in [-0.15, -0.1) is 0 Å². The van der Waals surface area contributed by atoms with E-state index in [4.69, 9.17) is 4.42 Å². The van der Waals surface area contributed by atoms with Gasteiger partial charge in [-0.3, -0.25) is 0 Å². The lowest BCUT2D eigenvalue weighted by Gasteiger charge is -2.21. The number of aliphatic hydroxyl groups excluding tert-OH is 1. The van der Waals surface area contributed by atoms with Gasteiger partial charge in [-0.05, 0) is 32.1 Å². The van der Waals surface area contributed by atoms with Crippen LogP contribution in [0.15, 0.2) is 10.7 Å². The monoisotopic (exact) mass is 277 g/mol. The molecule has 110 valence electrons. The molecule has 0 amide bonds. The first kappa shape index (κ1) is 14.8. The van der Waals surface area contributed by atoms with Crippen molar-refractivity contribution in [3.8, 4) is 0 Å². The second-order valence-electron chi connectivity index (χ2n) is 6.04. The molecule has 2 N–H and O–H groups in total. The number of hydrogen-bond acceptors (Lipinski definition) is 5. The van der Waals surface area contributed by atoms with Crippen molar-refractivity contribution in [2.24, 2.45) is 5.41 Å². The number of fused-ring (bicyclic) bond motifs is 1. The van der Waals surface area contributed by atoms with Crippen LogP contribution < -0.4 is 5.32 Å². The topological polar surface area (TPSA) is 71.2 Å². The van der Waals surface area contributed by atoms with E-state index in [2.05, 4.69) is 29.1 Å². The van der Waals surface area contributed by atoms with Crippen molar-refractivity contribution in [2.75, 3.05) is 18.5 Å². The Balaban J connectivity index is 2.04. The third-order valence-electron chi connectivity index (χ3n) is 3.72. The van der Waals surface area contributed by atoms with Gasteiger partial charge in [0.15, 0.2) is 0 Å². The number of furan rings is 1. The van der Waals surface area contributed by atoms with Crippen molar-refractivity contribution in [2.45, 2.75) is 40.5 Å². The van der Waals surface area contributed by atoms with Crippen LogP contribution in [0, 0.1) is 19.3 Å². The van der Waals surface area contributed by atoms with Crippen LogP contribution in [-0.2, 0) is 0 Å². The van der Waals surface area contributed by atoms with E-state index < -0.39 is 0 Å². The van der Waals surface area contributed by atoms with Gasteiger partial charge in [0, 0.05) is 18.7 Å². The highest BCUT2D eigenvalue weighted by molar-refractivity contribution is 5.89. The van der Waals surface area contributed by atoms with Crippen molar-refractivity contribution in [1.29, 1.82) is 0 Å². The first-order chi connectivity index (χ1) is 9.44. The van der Waals surface area contributed by atoms with E-state index in [9.17, 15) is 5.11 Å². The highest BCUT2D eigenvalue weighted by atomic mass is 16.3. The zero-order chi connectivity index (χ0) is 14.8. The molecular weight excluding hydrogens is 254 g/mol. The van der Waals surface area contributed by atoms with Crippen molar-refractivity contribution in [1.82, 2.24) is 9.97 Å². The Morgan fingerprint density at radius 1 is 1.30 bits per heavy atom. The third-order valence-corrected chi connectivity index (χ3v) is 3.72. The minimum atomic E-state index is -0.0230. The zero-order valence-corrected chi connectivity index (χ0v) is 12.7. The summed E-state index contributed by atoms with van der Waals surface area (Å²) in [4.78, 5) is 8.46. The van der Waals surface area contributed by atoms with Crippen molar-refractivity contribution in [3.05, 3.63) is 17.7 Å². The highest BCUT2D eigenvalue weighted by Crippen LogP contribution is 2.28. The molecule has 5 nitrogen and oxygen atoms in total. The molecule has 2 aromatic heterocycles. The number of nitrogens with one attached hydrogen (secondary N) is 1. The lowest BCUT2D eigenvalue weighted by Crippen LogP contribution is -2.18. The van der Waals surface area contributed by atoms with Gasteiger partial charge in [-0.25, -0.2) is 9.97 Å². The first-order valence-corrected chi connectivity index (χ1v) is 7.00. The van der Waals surface area contributed by atoms with Crippen LogP contribution in [-0.4, -0.2) is 28.2 Å². The summed E-state index contributed by atoms with van der Waals surface area (Å²) in [5.41, 5.74) is 1.69. The van der Waals surface area contributed by atoms with E-state index in [0.29, 0.717) is 5.71 Å². The molecule has 0 saturated carbocycles. The second kappa shape index (κ2) is 5.79. The lowest BCUT2D eigenvalue weighted by atomic mass is 9.89. The molecule has 20 heavy (non-hydrogen) atoms. The van der Waals surface area contributed by atoms with E-state index in [1.807, 2.05) is 13.8 Å². The normalized spacial score (nSPS) is 12.1. The van der Waals surface area contributed by atoms with Crippen LogP contribution in [0.5, 0.6) is 0 Å². The Bertz CT molecular complexity index is 590. The van der Waals surface area contributed by atoms with Crippen molar-refractivity contribution in [3.63, 3.8) is 0 Å². The number of aliphatic hydroxyl groups is 1. The van der Waals surface area contributed by atoms with E-state index in [1.165, 1.54) is 6.33 Å². The second-order valence-corrected chi connectivity index (χ2v) is 6.04. The molecule has 0 aliphatic heterocycles. The van der Waals surface area contributed by atoms with E-state index >= 15 is 0 Å². The fraction of sp³-hybridized carbons (Fsp3) is 0.600. The predicted molar refractivity (Wildman–Crippen MR) is 79.9 cm³/mol. The van der Waals surface area contributed by atoms with Crippen LogP contribution in [0.4, 0.5) is 5.82 Å². The number of anilines is 1. The standard InChI is InChI=1S/C15H23N3O2/c1-10-11(2)20-14-12(10)13(17-9-18-14)16-7-5-6-15(3,4)8-19/h9,19H,5-8H2,1-4H3,(H,16,17,18). The summed E-state index contributed by atoms with van der Waals surface area (Å²) in [6, 6.07) is 0. The number of aryl methyl sites for hydroxylation is 2. The highest BCUT2D eigenvalue weighted by Gasteiger charge is 2.16. The molecule has 0 atom stereocenters. The average molecular weight is 277 g/mol. The minimum absolute atomic E-state index is 0.0230. The van der Waals surface area contributed by atoms with E-state index in [0.717, 1.165) is 41.9 Å². The molecule has 0 saturated heterocycles. The summed E-state index contributed by atoms with van der Waals surface area (Å²) < 4.78 is 5.59. The summed E-state index contributed by atoms with van der Waals surface area (Å²) in [7, 11) is 0. The van der Waals surface area contributed by atoms with Crippen LogP contribution in [0.25, 0.3) is 11.1 Å². The zero-order valence-electron chi connectivity index (χ0n) is 12.7. The average Bonchev–Trinajstić information content (AvgIpc) is 2.71. The fourth-order valence-electron chi connectivity index (χ4n) is 2.17. The molecule has 0 aliphatic carbocycles. The quantitative estimate of drug-likeness (QED) is 0.794. The van der Waals surface area contributed by atoms with Crippen LogP contribution in [0.1, 0.15) is 38.0 Å². The third kappa shape index (κ3) is 3.10. The molecule has 2 aromatic rings. The van der Waals surface area contributed by atoms with Gasteiger partial charge in [0.2, 0.25) is 5.71 Å². The molecule has 0 unspecified atom stereocenters. The van der Waals surface area contributed by atoms with Crippen molar-refractivity contribution >= 4 is 16.9 Å². The van der Waals surface area contributed by atoms with E-state index in [1.54, 1.807) is 0 Å². The number of rotatable bonds is 6. The molecule has 2 rings (SSSR count). The maximum atomic E-state index is 9.24. The van der Waals surface area contributed by atoms with Crippen LogP contribution >= 0.6 is 0 Å². The van der Waals surface area contributed by atoms with Gasteiger partial charge in [-0.1, -0.05) is 13.8 Å². The summed E-state index contributed by atoms with van der Waals surface area (Å²) in [5.74, 6) is 1.70. The molecule has 0 aromatic carbocycles. The summed E-state index contributed by atoms with van der Waals surface area (Å²) in [6.45, 7) is 9.12. The number of nitrogens with zero attached hydrogens (tertiary/aromatic N) is 2. The minimum Gasteiger partial charge on any atom is -0.443 e. The summed E-state index contributed by atoms with van der Waals surface area (Å²) >= 11 is 0. The Morgan fingerprint density at radius 2 is 2.05 bits per heavy atom. The van der Waals surface area contributed by atoms with Crippen LogP contribution in [0.3, 0.4) is 0 Å². The Kier molecular flexibility index (Phi) is 4.28. The largest absolute Gasteiger partial charge is 0.443 e. The fourth-order valence-corrected chi connectivity index (χ4v) is 2.17. The summed E-state index contributed by atoms with van der Waals surface area (Å²) in [5, 5.41) is 13.5. The molecule has 0 fully saturated rings. The predicted octanol–water partition coefficient (Wildman–Crippen LogP) is 3.05. The van der Waals surface area contributed by atoms with Gasteiger partial charge in [0.25, 0.3) is 0 Å². The number of hydrogen-bond donors (Lipinski definition) is 2. The SMILES string of the molecule is Cc1oc2ncnc(NCCCC(C)(C)CO)c2c1C. The van der Waals surface area contributed by atoms with Gasteiger partial charge in [-0.2, -0.15) is 0 Å². The summed E-state index contributed by atoms with van der Waals surface area (Å²) in [6.07, 6.45) is 3.47. The molecule has 0 radical (unpaired) electrons. The van der Waals surface area contributed by atoms with Crippen molar-refractivity contribution < 1.29 is 9.52 Å². The van der Waals surface area contributed by atoms with Gasteiger partial charge in [0.1, 0.15) is 17.9 Å². The first-order valence-electron chi connectivity index (χ1n) is 7.00. The smallest absolute Gasteiger partial charge is 0.231 e. The molecule has 0 aliphatic rings. The molecule has 5 heteroatoms. The van der Waals surface area contributed by atoms with E-state index in [-0.39, 0.29) is 12.0 Å². The Labute approximate surface area is 119 Å². The molecule has 0 bridgehead atoms. The number of aromatic nitrogens is 2. The lowest BCUT2D eigenvalue weighted by molar-refractivity contribution is 0.149. The Morgan fingerprint density at radius 3 is 2.75 bits per heavy atom. The van der Waals surface area contributed by atoms with Gasteiger partial charge >= 0.3 is 0 Å². The maximum absolute atomic E-state index is 9.24.